The van der Waals surface area contributed by atoms with Gasteiger partial charge in [-0.25, -0.2) is 0 Å². The van der Waals surface area contributed by atoms with Crippen LogP contribution in [0.15, 0.2) is 48.0 Å². The molecule has 6 nitrogen and oxygen atoms in total. The second kappa shape index (κ2) is 9.25. The lowest BCUT2D eigenvalue weighted by atomic mass is 9.91. The Bertz CT molecular complexity index is 1060. The number of Topliss-reactive ketones (excluding diaryl/α,β-unsaturated/α-hetero) is 1. The van der Waals surface area contributed by atoms with Crippen LogP contribution < -0.4 is 4.74 Å². The molecule has 2 aromatic rings. The highest BCUT2D eigenvalue weighted by molar-refractivity contribution is 6.46. The summed E-state index contributed by atoms with van der Waals surface area (Å²) in [5.74, 6) is -1.00. The summed E-state index contributed by atoms with van der Waals surface area (Å²) in [4.78, 5) is 27.9. The average Bonchev–Trinajstić information content (AvgIpc) is 3.07. The predicted octanol–water partition coefficient (Wildman–Crippen LogP) is 5.20. The molecule has 1 saturated heterocycles. The molecule has 1 unspecified atom stereocenters. The predicted molar refractivity (Wildman–Crippen MR) is 122 cm³/mol. The largest absolute Gasteiger partial charge is 0.507 e. The van der Waals surface area contributed by atoms with Gasteiger partial charge in [-0.1, -0.05) is 36.9 Å². The van der Waals surface area contributed by atoms with Crippen LogP contribution in [0.25, 0.3) is 5.76 Å². The fourth-order valence-electron chi connectivity index (χ4n) is 4.64. The number of aromatic hydroxyl groups is 1. The minimum Gasteiger partial charge on any atom is -0.507 e. The van der Waals surface area contributed by atoms with E-state index in [-0.39, 0.29) is 28.1 Å². The van der Waals surface area contributed by atoms with Crippen molar-refractivity contribution >= 4 is 29.1 Å². The highest BCUT2D eigenvalue weighted by atomic mass is 35.5. The normalized spacial score (nSPS) is 21.2. The maximum Gasteiger partial charge on any atom is 0.295 e. The van der Waals surface area contributed by atoms with Crippen LogP contribution in [0.5, 0.6) is 11.5 Å². The molecular weight excluding hydrogens is 430 g/mol. The van der Waals surface area contributed by atoms with Gasteiger partial charge in [0.05, 0.1) is 23.2 Å². The molecule has 2 fully saturated rings. The molecule has 1 aliphatic heterocycles. The third-order valence-corrected chi connectivity index (χ3v) is 6.48. The number of likely N-dealkylation sites (tertiary alicyclic amines) is 1. The van der Waals surface area contributed by atoms with Gasteiger partial charge in [0.1, 0.15) is 17.3 Å². The lowest BCUT2D eigenvalue weighted by molar-refractivity contribution is -0.141. The number of ether oxygens (including phenoxy) is 1. The minimum atomic E-state index is -0.775. The molecule has 2 aliphatic rings. The van der Waals surface area contributed by atoms with E-state index in [2.05, 4.69) is 0 Å². The summed E-state index contributed by atoms with van der Waals surface area (Å²) in [6.45, 7) is 2.39. The molecule has 1 saturated carbocycles. The number of carbonyl (C=O) groups is 2. The summed E-state index contributed by atoms with van der Waals surface area (Å²) in [5.41, 5.74) is 1.03. The Hall–Kier alpha value is -2.99. The molecule has 2 aromatic carbocycles. The van der Waals surface area contributed by atoms with Gasteiger partial charge >= 0.3 is 0 Å². The molecule has 32 heavy (non-hydrogen) atoms. The molecular formula is C25H26ClNO5. The van der Waals surface area contributed by atoms with Gasteiger partial charge in [-0.3, -0.25) is 9.59 Å². The van der Waals surface area contributed by atoms with Crippen LogP contribution in [0.3, 0.4) is 0 Å². The number of benzene rings is 2. The van der Waals surface area contributed by atoms with Crippen molar-refractivity contribution < 1.29 is 24.5 Å². The SMILES string of the molecule is CCOc1ccc(/C(O)=C2/C(=O)C(=O)N(C3CCCCC3)C2c2ccc(O)c(Cl)c2)cc1. The molecule has 2 N–H and O–H groups in total. The Morgan fingerprint density at radius 3 is 2.41 bits per heavy atom. The zero-order valence-electron chi connectivity index (χ0n) is 17.9. The fourth-order valence-corrected chi connectivity index (χ4v) is 4.83. The van der Waals surface area contributed by atoms with Crippen molar-refractivity contribution in [1.29, 1.82) is 0 Å². The Balaban J connectivity index is 1.84. The summed E-state index contributed by atoms with van der Waals surface area (Å²) in [6.07, 6.45) is 4.67. The molecule has 0 bridgehead atoms. The number of hydrogen-bond acceptors (Lipinski definition) is 5. The average molecular weight is 456 g/mol. The van der Waals surface area contributed by atoms with Crippen molar-refractivity contribution in [2.75, 3.05) is 6.61 Å². The number of ketones is 1. The van der Waals surface area contributed by atoms with Crippen molar-refractivity contribution in [3.05, 3.63) is 64.2 Å². The lowest BCUT2D eigenvalue weighted by Crippen LogP contribution is -2.40. The zero-order valence-corrected chi connectivity index (χ0v) is 18.6. The Morgan fingerprint density at radius 2 is 1.78 bits per heavy atom. The highest BCUT2D eigenvalue weighted by Crippen LogP contribution is 2.44. The fraction of sp³-hybridized carbons (Fsp3) is 0.360. The van der Waals surface area contributed by atoms with Crippen molar-refractivity contribution in [3.63, 3.8) is 0 Å². The van der Waals surface area contributed by atoms with E-state index in [1.807, 2.05) is 6.92 Å². The van der Waals surface area contributed by atoms with Gasteiger partial charge in [0.15, 0.2) is 0 Å². The van der Waals surface area contributed by atoms with Crippen LogP contribution in [0.4, 0.5) is 0 Å². The molecule has 0 spiro atoms. The van der Waals surface area contributed by atoms with Gasteiger partial charge in [0.25, 0.3) is 11.7 Å². The Morgan fingerprint density at radius 1 is 1.09 bits per heavy atom. The van der Waals surface area contributed by atoms with Crippen LogP contribution in [0.1, 0.15) is 56.2 Å². The summed E-state index contributed by atoms with van der Waals surface area (Å²) < 4.78 is 5.45. The molecule has 7 heteroatoms. The van der Waals surface area contributed by atoms with E-state index in [1.165, 1.54) is 6.07 Å². The molecule has 1 heterocycles. The van der Waals surface area contributed by atoms with Crippen molar-refractivity contribution in [2.45, 2.75) is 51.1 Å². The van der Waals surface area contributed by atoms with E-state index < -0.39 is 17.7 Å². The maximum atomic E-state index is 13.2. The van der Waals surface area contributed by atoms with E-state index in [4.69, 9.17) is 16.3 Å². The number of phenolic OH excluding ortho intramolecular Hbond substituents is 1. The number of rotatable bonds is 5. The van der Waals surface area contributed by atoms with Gasteiger partial charge in [0, 0.05) is 11.6 Å². The second-order valence-corrected chi connectivity index (χ2v) is 8.57. The molecule has 0 radical (unpaired) electrons. The van der Waals surface area contributed by atoms with Crippen LogP contribution in [0.2, 0.25) is 5.02 Å². The quantitative estimate of drug-likeness (QED) is 0.367. The number of aliphatic hydroxyl groups is 1. The second-order valence-electron chi connectivity index (χ2n) is 8.17. The third kappa shape index (κ3) is 4.07. The zero-order chi connectivity index (χ0) is 22.8. The van der Waals surface area contributed by atoms with Gasteiger partial charge in [-0.15, -0.1) is 0 Å². The molecule has 0 aromatic heterocycles. The van der Waals surface area contributed by atoms with E-state index in [0.29, 0.717) is 23.5 Å². The summed E-state index contributed by atoms with van der Waals surface area (Å²) in [6, 6.07) is 10.5. The van der Waals surface area contributed by atoms with E-state index in [1.54, 1.807) is 41.3 Å². The van der Waals surface area contributed by atoms with Crippen molar-refractivity contribution in [3.8, 4) is 11.5 Å². The number of phenols is 1. The molecule has 168 valence electrons. The smallest absolute Gasteiger partial charge is 0.295 e. The van der Waals surface area contributed by atoms with Crippen LogP contribution >= 0.6 is 11.6 Å². The first-order chi connectivity index (χ1) is 15.4. The Labute approximate surface area is 192 Å². The van der Waals surface area contributed by atoms with Crippen molar-refractivity contribution in [1.82, 2.24) is 4.90 Å². The van der Waals surface area contributed by atoms with Crippen LogP contribution in [-0.4, -0.2) is 39.5 Å². The van der Waals surface area contributed by atoms with Crippen LogP contribution in [-0.2, 0) is 9.59 Å². The standard InChI is InChI=1S/C25H26ClNO5/c1-2-32-18-11-8-15(9-12-18)23(29)21-22(16-10-13-20(28)19(26)14-16)27(25(31)24(21)30)17-6-4-3-5-7-17/h8-14,17,22,28-29H,2-7H2,1H3/b23-21-. The lowest BCUT2D eigenvalue weighted by Gasteiger charge is -2.35. The van der Waals surface area contributed by atoms with E-state index in [0.717, 1.165) is 32.1 Å². The summed E-state index contributed by atoms with van der Waals surface area (Å²) in [7, 11) is 0. The summed E-state index contributed by atoms with van der Waals surface area (Å²) >= 11 is 6.16. The monoisotopic (exact) mass is 455 g/mol. The topological polar surface area (TPSA) is 87.1 Å². The third-order valence-electron chi connectivity index (χ3n) is 6.17. The highest BCUT2D eigenvalue weighted by Gasteiger charge is 2.49. The minimum absolute atomic E-state index is 0.0338. The van der Waals surface area contributed by atoms with Gasteiger partial charge in [-0.05, 0) is 61.7 Å². The number of nitrogens with zero attached hydrogens (tertiary/aromatic N) is 1. The summed E-state index contributed by atoms with van der Waals surface area (Å²) in [5, 5.41) is 21.2. The number of halogens is 1. The van der Waals surface area contributed by atoms with Crippen molar-refractivity contribution in [2.24, 2.45) is 0 Å². The number of aliphatic hydroxyl groups excluding tert-OH is 1. The molecule has 1 atom stereocenters. The molecule has 1 aliphatic carbocycles. The number of amides is 1. The van der Waals surface area contributed by atoms with Gasteiger partial charge < -0.3 is 19.8 Å². The first-order valence-corrected chi connectivity index (χ1v) is 11.3. The number of carbonyl (C=O) groups excluding carboxylic acids is 2. The Kier molecular flexibility index (Phi) is 6.42. The molecule has 1 amide bonds. The van der Waals surface area contributed by atoms with Gasteiger partial charge in [-0.2, -0.15) is 0 Å². The van der Waals surface area contributed by atoms with E-state index in [9.17, 15) is 19.8 Å². The first kappa shape index (κ1) is 22.2. The molecule has 4 rings (SSSR count). The van der Waals surface area contributed by atoms with Gasteiger partial charge in [0.2, 0.25) is 0 Å². The first-order valence-electron chi connectivity index (χ1n) is 10.9. The van der Waals surface area contributed by atoms with E-state index >= 15 is 0 Å². The number of hydrogen-bond donors (Lipinski definition) is 2. The van der Waals surface area contributed by atoms with Crippen LogP contribution in [0, 0.1) is 0 Å². The maximum absolute atomic E-state index is 13.2.